The minimum absolute atomic E-state index is 0.115. The second-order valence-corrected chi connectivity index (χ2v) is 7.57. The van der Waals surface area contributed by atoms with Crippen molar-refractivity contribution in [3.63, 3.8) is 0 Å². The molecule has 2 atom stereocenters. The zero-order valence-electron chi connectivity index (χ0n) is 17.0. The first-order valence-corrected chi connectivity index (χ1v) is 10.4. The van der Waals surface area contributed by atoms with Crippen LogP contribution in [0.1, 0.15) is 47.9 Å². The van der Waals surface area contributed by atoms with Crippen molar-refractivity contribution in [2.45, 2.75) is 33.2 Å². The molecule has 6 nitrogen and oxygen atoms in total. The van der Waals surface area contributed by atoms with Crippen LogP contribution in [0.4, 0.5) is 5.69 Å². The molecule has 0 spiro atoms. The topological polar surface area (TPSA) is 84.5 Å². The summed E-state index contributed by atoms with van der Waals surface area (Å²) in [5.74, 6) is -1.33. The molecular formula is C22H24Cl2N2O4. The number of benzene rings is 2. The minimum Gasteiger partial charge on any atom is -0.462 e. The van der Waals surface area contributed by atoms with Crippen molar-refractivity contribution in [2.75, 3.05) is 11.9 Å². The predicted molar refractivity (Wildman–Crippen MR) is 118 cm³/mol. The molecule has 0 fully saturated rings. The van der Waals surface area contributed by atoms with E-state index >= 15 is 0 Å². The molecule has 0 aliphatic rings. The average molecular weight is 451 g/mol. The quantitative estimate of drug-likeness (QED) is 0.556. The Labute approximate surface area is 185 Å². The fourth-order valence-electron chi connectivity index (χ4n) is 2.69. The number of halogens is 2. The number of esters is 1. The highest BCUT2D eigenvalue weighted by atomic mass is 35.5. The summed E-state index contributed by atoms with van der Waals surface area (Å²) in [6.07, 6.45) is 0.682. The molecule has 0 radical (unpaired) electrons. The van der Waals surface area contributed by atoms with E-state index in [0.29, 0.717) is 28.3 Å². The molecule has 2 N–H and O–H groups in total. The number of carbonyl (C=O) groups excluding carboxylic acids is 3. The second kappa shape index (κ2) is 11.0. The molecule has 0 aliphatic heterocycles. The molecular weight excluding hydrogens is 427 g/mol. The van der Waals surface area contributed by atoms with Gasteiger partial charge in [-0.05, 0) is 55.3 Å². The van der Waals surface area contributed by atoms with Crippen LogP contribution in [0, 0.1) is 5.92 Å². The summed E-state index contributed by atoms with van der Waals surface area (Å²) < 4.78 is 4.94. The van der Waals surface area contributed by atoms with E-state index < -0.39 is 17.9 Å². The number of amides is 2. The zero-order chi connectivity index (χ0) is 22.3. The summed E-state index contributed by atoms with van der Waals surface area (Å²) in [6.45, 7) is 5.83. The van der Waals surface area contributed by atoms with Crippen LogP contribution in [0.15, 0.2) is 42.5 Å². The second-order valence-electron chi connectivity index (χ2n) is 6.75. The van der Waals surface area contributed by atoms with E-state index in [1.54, 1.807) is 37.3 Å². The first kappa shape index (κ1) is 23.7. The molecule has 2 unspecified atom stereocenters. The Kier molecular flexibility index (Phi) is 8.69. The summed E-state index contributed by atoms with van der Waals surface area (Å²) in [6, 6.07) is 10.1. The SMILES string of the molecule is CCOC(=O)c1ccc(NC(=O)C(NC(=O)c2ccc(Cl)c(Cl)c2)C(C)CC)cc1. The molecule has 8 heteroatoms. The molecule has 30 heavy (non-hydrogen) atoms. The first-order valence-electron chi connectivity index (χ1n) is 9.60. The molecule has 0 saturated carbocycles. The van der Waals surface area contributed by atoms with Gasteiger partial charge in [-0.2, -0.15) is 0 Å². The lowest BCUT2D eigenvalue weighted by Gasteiger charge is -2.23. The molecule has 0 aliphatic carbocycles. The molecule has 2 aromatic carbocycles. The lowest BCUT2D eigenvalue weighted by molar-refractivity contribution is -0.119. The Balaban J connectivity index is 2.12. The van der Waals surface area contributed by atoms with Gasteiger partial charge < -0.3 is 15.4 Å². The highest BCUT2D eigenvalue weighted by Crippen LogP contribution is 2.23. The van der Waals surface area contributed by atoms with Crippen LogP contribution in [0.25, 0.3) is 0 Å². The molecule has 0 aromatic heterocycles. The van der Waals surface area contributed by atoms with Gasteiger partial charge in [-0.1, -0.05) is 43.5 Å². The van der Waals surface area contributed by atoms with Gasteiger partial charge in [0.1, 0.15) is 6.04 Å². The van der Waals surface area contributed by atoms with Crippen LogP contribution in [-0.2, 0) is 9.53 Å². The van der Waals surface area contributed by atoms with Gasteiger partial charge >= 0.3 is 5.97 Å². The summed E-state index contributed by atoms with van der Waals surface area (Å²) in [7, 11) is 0. The highest BCUT2D eigenvalue weighted by molar-refractivity contribution is 6.42. The van der Waals surface area contributed by atoms with Crippen LogP contribution in [0.3, 0.4) is 0 Å². The van der Waals surface area contributed by atoms with Crippen LogP contribution in [-0.4, -0.2) is 30.4 Å². The largest absolute Gasteiger partial charge is 0.462 e. The minimum atomic E-state index is -0.762. The van der Waals surface area contributed by atoms with Crippen molar-refractivity contribution in [1.82, 2.24) is 5.32 Å². The normalized spacial score (nSPS) is 12.6. The third-order valence-corrected chi connectivity index (χ3v) is 5.37. The van der Waals surface area contributed by atoms with Crippen molar-refractivity contribution >= 4 is 46.7 Å². The molecule has 2 aromatic rings. The van der Waals surface area contributed by atoms with Crippen molar-refractivity contribution < 1.29 is 19.1 Å². The lowest BCUT2D eigenvalue weighted by Crippen LogP contribution is -2.47. The molecule has 0 heterocycles. The zero-order valence-corrected chi connectivity index (χ0v) is 18.5. The third-order valence-electron chi connectivity index (χ3n) is 4.63. The number of ether oxygens (including phenoxy) is 1. The van der Waals surface area contributed by atoms with Crippen LogP contribution >= 0.6 is 23.2 Å². The van der Waals surface area contributed by atoms with Gasteiger partial charge in [0, 0.05) is 11.3 Å². The lowest BCUT2D eigenvalue weighted by atomic mass is 9.97. The average Bonchev–Trinajstić information content (AvgIpc) is 2.73. The highest BCUT2D eigenvalue weighted by Gasteiger charge is 2.26. The van der Waals surface area contributed by atoms with Gasteiger partial charge in [-0.15, -0.1) is 0 Å². The third kappa shape index (κ3) is 6.21. The summed E-state index contributed by atoms with van der Waals surface area (Å²) >= 11 is 11.9. The van der Waals surface area contributed by atoms with Gasteiger partial charge in [0.15, 0.2) is 0 Å². The number of nitrogens with one attached hydrogen (secondary N) is 2. The molecule has 2 rings (SSSR count). The standard InChI is InChI=1S/C22H24Cl2N2O4/c1-4-13(3)19(26-20(27)15-8-11-17(23)18(24)12-15)21(28)25-16-9-6-14(7-10-16)22(29)30-5-2/h6-13,19H,4-5H2,1-3H3,(H,25,28)(H,26,27). The fraction of sp³-hybridized carbons (Fsp3) is 0.318. The Hall–Kier alpha value is -2.57. The van der Waals surface area contributed by atoms with Crippen molar-refractivity contribution in [1.29, 1.82) is 0 Å². The Morgan fingerprint density at radius 2 is 1.60 bits per heavy atom. The van der Waals surface area contributed by atoms with E-state index in [-0.39, 0.29) is 23.5 Å². The van der Waals surface area contributed by atoms with Crippen molar-refractivity contribution in [3.05, 3.63) is 63.6 Å². The molecule has 2 amide bonds. The summed E-state index contributed by atoms with van der Waals surface area (Å²) in [4.78, 5) is 37.2. The van der Waals surface area contributed by atoms with E-state index in [9.17, 15) is 14.4 Å². The van der Waals surface area contributed by atoms with E-state index in [4.69, 9.17) is 27.9 Å². The number of hydrogen-bond donors (Lipinski definition) is 2. The number of anilines is 1. The summed E-state index contributed by atoms with van der Waals surface area (Å²) in [5.41, 5.74) is 1.20. The summed E-state index contributed by atoms with van der Waals surface area (Å²) in [5, 5.41) is 6.15. The van der Waals surface area contributed by atoms with Crippen LogP contribution in [0.2, 0.25) is 10.0 Å². The Bertz CT molecular complexity index is 916. The molecule has 0 saturated heterocycles. The molecule has 0 bridgehead atoms. The van der Waals surface area contributed by atoms with Gasteiger partial charge in [0.25, 0.3) is 5.91 Å². The van der Waals surface area contributed by atoms with Gasteiger partial charge in [-0.3, -0.25) is 9.59 Å². The number of hydrogen-bond acceptors (Lipinski definition) is 4. The van der Waals surface area contributed by atoms with E-state index in [0.717, 1.165) is 0 Å². The van der Waals surface area contributed by atoms with E-state index in [1.165, 1.54) is 12.1 Å². The molecule has 160 valence electrons. The monoisotopic (exact) mass is 450 g/mol. The van der Waals surface area contributed by atoms with Crippen LogP contribution < -0.4 is 10.6 Å². The Morgan fingerprint density at radius 1 is 0.967 bits per heavy atom. The number of rotatable bonds is 8. The van der Waals surface area contributed by atoms with Crippen molar-refractivity contribution in [2.24, 2.45) is 5.92 Å². The van der Waals surface area contributed by atoms with E-state index in [2.05, 4.69) is 10.6 Å². The Morgan fingerprint density at radius 3 is 2.17 bits per heavy atom. The van der Waals surface area contributed by atoms with Gasteiger partial charge in [0.2, 0.25) is 5.91 Å². The van der Waals surface area contributed by atoms with E-state index in [1.807, 2.05) is 13.8 Å². The maximum absolute atomic E-state index is 12.9. The van der Waals surface area contributed by atoms with Gasteiger partial charge in [-0.25, -0.2) is 4.79 Å². The smallest absolute Gasteiger partial charge is 0.338 e. The fourth-order valence-corrected chi connectivity index (χ4v) is 2.99. The number of carbonyl (C=O) groups is 3. The van der Waals surface area contributed by atoms with Gasteiger partial charge in [0.05, 0.1) is 22.2 Å². The van der Waals surface area contributed by atoms with Crippen LogP contribution in [0.5, 0.6) is 0 Å². The maximum Gasteiger partial charge on any atom is 0.338 e. The maximum atomic E-state index is 12.9. The predicted octanol–water partition coefficient (Wildman–Crippen LogP) is 4.95. The first-order chi connectivity index (χ1) is 14.3. The van der Waals surface area contributed by atoms with Crippen molar-refractivity contribution in [3.8, 4) is 0 Å².